The lowest BCUT2D eigenvalue weighted by Crippen LogP contribution is -1.87. The Hall–Kier alpha value is -0.630. The van der Waals surface area contributed by atoms with E-state index in [0.717, 1.165) is 5.92 Å². The summed E-state index contributed by atoms with van der Waals surface area (Å²) in [5.41, 5.74) is 1.17. The van der Waals surface area contributed by atoms with Crippen molar-refractivity contribution in [1.29, 1.82) is 0 Å². The lowest BCUT2D eigenvalue weighted by molar-refractivity contribution is 0.475. The number of phenolic OH excluding ortho intramolecular Hbond substituents is 1. The summed E-state index contributed by atoms with van der Waals surface area (Å²) in [6.45, 7) is 6.54. The first-order chi connectivity index (χ1) is 7.56. The molecule has 0 heterocycles. The van der Waals surface area contributed by atoms with E-state index in [1.165, 1.54) is 24.2 Å². The van der Waals surface area contributed by atoms with Gasteiger partial charge in [-0.2, -0.15) is 11.8 Å². The van der Waals surface area contributed by atoms with Gasteiger partial charge in [0.15, 0.2) is 0 Å². The predicted octanol–water partition coefficient (Wildman–Crippen LogP) is 4.49. The van der Waals surface area contributed by atoms with Gasteiger partial charge in [0.2, 0.25) is 0 Å². The summed E-state index contributed by atoms with van der Waals surface area (Å²) in [6.07, 6.45) is 4.94. The van der Waals surface area contributed by atoms with E-state index in [0.29, 0.717) is 5.75 Å². The molecule has 0 bridgehead atoms. The maximum atomic E-state index is 8.76. The maximum absolute atomic E-state index is 8.76. The highest BCUT2D eigenvalue weighted by Crippen LogP contribution is 2.07. The summed E-state index contributed by atoms with van der Waals surface area (Å²) in [7, 11) is 0. The third-order valence-corrected chi connectivity index (χ3v) is 2.86. The van der Waals surface area contributed by atoms with Crippen LogP contribution in [0.15, 0.2) is 24.3 Å². The van der Waals surface area contributed by atoms with Gasteiger partial charge < -0.3 is 5.11 Å². The number of phenols is 1. The molecule has 0 aliphatic heterocycles. The molecule has 0 spiro atoms. The van der Waals surface area contributed by atoms with Crippen LogP contribution in [0, 0.1) is 12.8 Å². The van der Waals surface area contributed by atoms with E-state index in [4.69, 9.17) is 5.11 Å². The summed E-state index contributed by atoms with van der Waals surface area (Å²) >= 11 is 1.94. The van der Waals surface area contributed by atoms with Crippen molar-refractivity contribution in [2.45, 2.75) is 33.6 Å². The predicted molar refractivity (Wildman–Crippen MR) is 75.3 cm³/mol. The van der Waals surface area contributed by atoms with Crippen LogP contribution in [0.5, 0.6) is 5.75 Å². The molecule has 0 saturated carbocycles. The van der Waals surface area contributed by atoms with Crippen molar-refractivity contribution in [2.24, 2.45) is 5.92 Å². The topological polar surface area (TPSA) is 20.2 Å². The first-order valence-electron chi connectivity index (χ1n) is 5.80. The molecule has 1 rings (SSSR count). The summed E-state index contributed by atoms with van der Waals surface area (Å²) in [6, 6.07) is 7.09. The maximum Gasteiger partial charge on any atom is 0.115 e. The highest BCUT2D eigenvalue weighted by molar-refractivity contribution is 7.98. The Labute approximate surface area is 104 Å². The van der Waals surface area contributed by atoms with Gasteiger partial charge in [-0.3, -0.25) is 0 Å². The van der Waals surface area contributed by atoms with Crippen molar-refractivity contribution in [2.75, 3.05) is 12.0 Å². The second-order valence-corrected chi connectivity index (χ2v) is 5.35. The molecule has 0 aliphatic rings. The smallest absolute Gasteiger partial charge is 0.115 e. The first kappa shape index (κ1) is 15.4. The number of aromatic hydroxyl groups is 1. The van der Waals surface area contributed by atoms with Crippen LogP contribution >= 0.6 is 11.8 Å². The zero-order valence-corrected chi connectivity index (χ0v) is 11.7. The zero-order chi connectivity index (χ0) is 12.4. The van der Waals surface area contributed by atoms with E-state index >= 15 is 0 Å². The van der Waals surface area contributed by atoms with Gasteiger partial charge >= 0.3 is 0 Å². The molecule has 92 valence electrons. The standard InChI is InChI=1S/C7H8O.C7H16S/c1-6-2-4-7(8)5-3-6;1-7(2)5-4-6-8-3/h2-5,8H,1H3;7H,4-6H2,1-3H3. The largest absolute Gasteiger partial charge is 0.508 e. The van der Waals surface area contributed by atoms with Gasteiger partial charge in [-0.1, -0.05) is 38.0 Å². The van der Waals surface area contributed by atoms with Crippen molar-refractivity contribution < 1.29 is 5.11 Å². The molecule has 1 aromatic carbocycles. The minimum atomic E-state index is 0.329. The minimum Gasteiger partial charge on any atom is -0.508 e. The molecule has 0 fully saturated rings. The second-order valence-electron chi connectivity index (χ2n) is 4.36. The number of thioether (sulfide) groups is 1. The van der Waals surface area contributed by atoms with Crippen molar-refractivity contribution in [3.8, 4) is 5.75 Å². The Morgan fingerprint density at radius 3 is 2.12 bits per heavy atom. The molecular weight excluding hydrogens is 216 g/mol. The van der Waals surface area contributed by atoms with Gasteiger partial charge in [0.25, 0.3) is 0 Å². The van der Waals surface area contributed by atoms with Gasteiger partial charge in [-0.25, -0.2) is 0 Å². The van der Waals surface area contributed by atoms with E-state index < -0.39 is 0 Å². The summed E-state index contributed by atoms with van der Waals surface area (Å²) in [4.78, 5) is 0. The molecule has 0 aromatic heterocycles. The Kier molecular flexibility index (Phi) is 9.21. The fraction of sp³-hybridized carbons (Fsp3) is 0.571. The van der Waals surface area contributed by atoms with Crippen LogP contribution in [0.3, 0.4) is 0 Å². The Morgan fingerprint density at radius 2 is 1.75 bits per heavy atom. The van der Waals surface area contributed by atoms with Gasteiger partial charge in [0, 0.05) is 0 Å². The zero-order valence-electron chi connectivity index (χ0n) is 10.9. The second kappa shape index (κ2) is 9.59. The van der Waals surface area contributed by atoms with Gasteiger partial charge in [0.1, 0.15) is 5.75 Å². The van der Waals surface area contributed by atoms with Crippen LogP contribution in [0.1, 0.15) is 32.3 Å². The molecule has 0 amide bonds. The van der Waals surface area contributed by atoms with Crippen LogP contribution in [-0.2, 0) is 0 Å². The molecule has 0 unspecified atom stereocenters. The van der Waals surface area contributed by atoms with Crippen molar-refractivity contribution in [3.05, 3.63) is 29.8 Å². The number of benzene rings is 1. The van der Waals surface area contributed by atoms with Crippen LogP contribution in [0.25, 0.3) is 0 Å². The highest BCUT2D eigenvalue weighted by Gasteiger charge is 1.90. The van der Waals surface area contributed by atoms with E-state index in [2.05, 4.69) is 20.1 Å². The summed E-state index contributed by atoms with van der Waals surface area (Å²) < 4.78 is 0. The lowest BCUT2D eigenvalue weighted by Gasteiger charge is -2.00. The monoisotopic (exact) mass is 240 g/mol. The molecule has 1 nitrogen and oxygen atoms in total. The normalized spacial score (nSPS) is 9.81. The van der Waals surface area contributed by atoms with Gasteiger partial charge in [-0.05, 0) is 43.4 Å². The molecule has 1 aromatic rings. The first-order valence-corrected chi connectivity index (χ1v) is 7.20. The average Bonchev–Trinajstić information content (AvgIpc) is 2.23. The number of hydrogen-bond donors (Lipinski definition) is 1. The molecule has 2 heteroatoms. The van der Waals surface area contributed by atoms with E-state index in [-0.39, 0.29) is 0 Å². The highest BCUT2D eigenvalue weighted by atomic mass is 32.2. The Bertz CT molecular complexity index is 233. The number of rotatable bonds is 4. The van der Waals surface area contributed by atoms with E-state index in [9.17, 15) is 0 Å². The van der Waals surface area contributed by atoms with E-state index in [1.54, 1.807) is 12.1 Å². The molecule has 1 N–H and O–H groups in total. The summed E-state index contributed by atoms with van der Waals surface area (Å²) in [5, 5.41) is 8.76. The quantitative estimate of drug-likeness (QED) is 0.783. The van der Waals surface area contributed by atoms with Crippen LogP contribution in [0.4, 0.5) is 0 Å². The van der Waals surface area contributed by atoms with Gasteiger partial charge in [0.05, 0.1) is 0 Å². The molecule has 0 aliphatic carbocycles. The Morgan fingerprint density at radius 1 is 1.19 bits per heavy atom. The van der Waals surface area contributed by atoms with Crippen LogP contribution in [0.2, 0.25) is 0 Å². The molecular formula is C14H24OS. The van der Waals surface area contributed by atoms with Crippen LogP contribution in [-0.4, -0.2) is 17.1 Å². The fourth-order valence-electron chi connectivity index (χ4n) is 1.18. The SMILES string of the molecule is CSCCCC(C)C.Cc1ccc(O)cc1. The Balaban J connectivity index is 0.000000281. The third kappa shape index (κ3) is 9.91. The van der Waals surface area contributed by atoms with Crippen molar-refractivity contribution in [1.82, 2.24) is 0 Å². The number of hydrogen-bond acceptors (Lipinski definition) is 2. The molecule has 0 atom stereocenters. The van der Waals surface area contributed by atoms with Gasteiger partial charge in [-0.15, -0.1) is 0 Å². The number of aryl methyl sites for hydroxylation is 1. The molecule has 0 radical (unpaired) electrons. The molecule has 0 saturated heterocycles. The third-order valence-electron chi connectivity index (χ3n) is 2.16. The lowest BCUT2D eigenvalue weighted by atomic mass is 10.1. The minimum absolute atomic E-state index is 0.329. The van der Waals surface area contributed by atoms with Crippen molar-refractivity contribution in [3.63, 3.8) is 0 Å². The van der Waals surface area contributed by atoms with E-state index in [1.807, 2.05) is 30.8 Å². The van der Waals surface area contributed by atoms with Crippen molar-refractivity contribution >= 4 is 11.8 Å². The average molecular weight is 240 g/mol. The summed E-state index contributed by atoms with van der Waals surface area (Å²) in [5.74, 6) is 2.55. The fourth-order valence-corrected chi connectivity index (χ4v) is 1.64. The molecule has 16 heavy (non-hydrogen) atoms. The van der Waals surface area contributed by atoms with Crippen LogP contribution < -0.4 is 0 Å².